The number of hydrogen-bond donors (Lipinski definition) is 2. The van der Waals surface area contributed by atoms with Gasteiger partial charge in [0.2, 0.25) is 0 Å². The molecule has 1 atom stereocenters. The number of phenols is 1. The zero-order valence-corrected chi connectivity index (χ0v) is 11.6. The molecule has 0 radical (unpaired) electrons. The molecule has 1 unspecified atom stereocenters. The lowest BCUT2D eigenvalue weighted by atomic mass is 10.1. The molecule has 0 aliphatic carbocycles. The summed E-state index contributed by atoms with van der Waals surface area (Å²) in [6, 6.07) is 4.84. The van der Waals surface area contributed by atoms with E-state index in [0.29, 0.717) is 17.0 Å². The van der Waals surface area contributed by atoms with Gasteiger partial charge >= 0.3 is 0 Å². The second-order valence-electron chi connectivity index (χ2n) is 4.46. The molecule has 0 aliphatic heterocycles. The topological polar surface area (TPSA) is 66.6 Å². The van der Waals surface area contributed by atoms with Gasteiger partial charge in [-0.2, -0.15) is 0 Å². The van der Waals surface area contributed by atoms with E-state index in [1.54, 1.807) is 19.2 Å². The molecule has 18 heavy (non-hydrogen) atoms. The number of carbonyl (C=O) groups is 1. The third kappa shape index (κ3) is 3.43. The fourth-order valence-electron chi connectivity index (χ4n) is 1.64. The number of thiocarbonyl (C=S) groups is 1. The smallest absolute Gasteiger partial charge is 0.257 e. The van der Waals surface area contributed by atoms with Gasteiger partial charge in [0, 0.05) is 19.5 Å². The molecule has 0 heterocycles. The van der Waals surface area contributed by atoms with Gasteiger partial charge in [-0.25, -0.2) is 0 Å². The molecule has 98 valence electrons. The first kappa shape index (κ1) is 14.4. The largest absolute Gasteiger partial charge is 0.507 e. The number of benzene rings is 1. The summed E-state index contributed by atoms with van der Waals surface area (Å²) in [6.45, 7) is 3.73. The highest BCUT2D eigenvalue weighted by Crippen LogP contribution is 2.20. The molecule has 0 fully saturated rings. The quantitative estimate of drug-likeness (QED) is 0.816. The lowest BCUT2D eigenvalue weighted by Gasteiger charge is -2.25. The van der Waals surface area contributed by atoms with Crippen LogP contribution in [0.1, 0.15) is 29.3 Å². The minimum atomic E-state index is -0.236. The third-order valence-electron chi connectivity index (χ3n) is 2.86. The van der Waals surface area contributed by atoms with Crippen molar-refractivity contribution in [2.45, 2.75) is 26.3 Å². The first-order chi connectivity index (χ1) is 8.32. The average molecular weight is 266 g/mol. The van der Waals surface area contributed by atoms with E-state index < -0.39 is 0 Å². The van der Waals surface area contributed by atoms with Gasteiger partial charge in [-0.15, -0.1) is 0 Å². The number of amides is 1. The number of rotatable bonds is 4. The Morgan fingerprint density at radius 3 is 2.72 bits per heavy atom. The first-order valence-electron chi connectivity index (χ1n) is 5.68. The zero-order chi connectivity index (χ0) is 13.9. The van der Waals surface area contributed by atoms with Gasteiger partial charge < -0.3 is 15.7 Å². The minimum Gasteiger partial charge on any atom is -0.507 e. The number of phenolic OH excluding ortho intramolecular Hbond substituents is 1. The number of aromatic hydroxyl groups is 1. The van der Waals surface area contributed by atoms with E-state index in [9.17, 15) is 9.90 Å². The summed E-state index contributed by atoms with van der Waals surface area (Å²) in [7, 11) is 1.67. The van der Waals surface area contributed by atoms with E-state index in [0.717, 1.165) is 5.56 Å². The van der Waals surface area contributed by atoms with Crippen LogP contribution < -0.4 is 5.73 Å². The standard InChI is InChI=1S/C13H18N2O2S/c1-8-4-5-11(16)10(6-8)13(17)15(3)9(2)7-12(14)18/h4-6,9,16H,7H2,1-3H3,(H2,14,18). The molecule has 1 amide bonds. The Morgan fingerprint density at radius 2 is 2.17 bits per heavy atom. The van der Waals surface area contributed by atoms with Crippen LogP contribution >= 0.6 is 12.2 Å². The Bertz CT molecular complexity index is 474. The molecule has 5 heteroatoms. The Balaban J connectivity index is 2.92. The SMILES string of the molecule is Cc1ccc(O)c(C(=O)N(C)C(C)CC(N)=S)c1. The highest BCUT2D eigenvalue weighted by atomic mass is 32.1. The zero-order valence-electron chi connectivity index (χ0n) is 10.8. The number of hydrogen-bond acceptors (Lipinski definition) is 3. The fourth-order valence-corrected chi connectivity index (χ4v) is 1.88. The third-order valence-corrected chi connectivity index (χ3v) is 3.03. The maximum absolute atomic E-state index is 12.2. The number of nitrogens with two attached hydrogens (primary N) is 1. The van der Waals surface area contributed by atoms with Gasteiger partial charge in [-0.3, -0.25) is 4.79 Å². The number of carbonyl (C=O) groups excluding carboxylic acids is 1. The van der Waals surface area contributed by atoms with Crippen molar-refractivity contribution in [2.24, 2.45) is 5.73 Å². The molecule has 0 saturated carbocycles. The van der Waals surface area contributed by atoms with Crippen LogP contribution in [-0.4, -0.2) is 34.0 Å². The van der Waals surface area contributed by atoms with Crippen LogP contribution in [0.2, 0.25) is 0 Å². The molecule has 1 rings (SSSR count). The van der Waals surface area contributed by atoms with Crippen molar-refractivity contribution in [2.75, 3.05) is 7.05 Å². The molecule has 0 spiro atoms. The van der Waals surface area contributed by atoms with Crippen LogP contribution in [0, 0.1) is 6.92 Å². The second-order valence-corrected chi connectivity index (χ2v) is 4.98. The summed E-state index contributed by atoms with van der Waals surface area (Å²) < 4.78 is 0. The molecule has 0 aromatic heterocycles. The molecule has 4 nitrogen and oxygen atoms in total. The van der Waals surface area contributed by atoms with Crippen LogP contribution in [0.15, 0.2) is 18.2 Å². The minimum absolute atomic E-state index is 0.0139. The van der Waals surface area contributed by atoms with E-state index in [2.05, 4.69) is 0 Å². The summed E-state index contributed by atoms with van der Waals surface area (Å²) in [6.07, 6.45) is 0.462. The van der Waals surface area contributed by atoms with Gasteiger partial charge in [0.1, 0.15) is 5.75 Å². The average Bonchev–Trinajstić information content (AvgIpc) is 2.29. The van der Waals surface area contributed by atoms with Crippen molar-refractivity contribution < 1.29 is 9.90 Å². The van der Waals surface area contributed by atoms with Crippen LogP contribution in [0.5, 0.6) is 5.75 Å². The Kier molecular flexibility index (Phi) is 4.67. The van der Waals surface area contributed by atoms with E-state index in [4.69, 9.17) is 18.0 Å². The van der Waals surface area contributed by atoms with Crippen molar-refractivity contribution in [3.8, 4) is 5.75 Å². The number of aryl methyl sites for hydroxylation is 1. The predicted octanol–water partition coefficient (Wildman–Crippen LogP) is 1.84. The predicted molar refractivity (Wildman–Crippen MR) is 75.8 cm³/mol. The lowest BCUT2D eigenvalue weighted by molar-refractivity contribution is 0.0745. The normalized spacial score (nSPS) is 11.9. The molecule has 3 N–H and O–H groups in total. The van der Waals surface area contributed by atoms with Crippen molar-refractivity contribution in [3.63, 3.8) is 0 Å². The maximum atomic E-state index is 12.2. The van der Waals surface area contributed by atoms with Crippen LogP contribution in [0.3, 0.4) is 0 Å². The summed E-state index contributed by atoms with van der Waals surface area (Å²) >= 11 is 4.83. The maximum Gasteiger partial charge on any atom is 0.257 e. The van der Waals surface area contributed by atoms with E-state index >= 15 is 0 Å². The fraction of sp³-hybridized carbons (Fsp3) is 0.385. The van der Waals surface area contributed by atoms with Gasteiger partial charge in [0.05, 0.1) is 10.6 Å². The van der Waals surface area contributed by atoms with Crippen molar-refractivity contribution >= 4 is 23.1 Å². The van der Waals surface area contributed by atoms with Crippen LogP contribution in [-0.2, 0) is 0 Å². The molecular formula is C13H18N2O2S. The summed E-state index contributed by atoms with van der Waals surface area (Å²) in [5.74, 6) is -0.250. The van der Waals surface area contributed by atoms with E-state index in [1.165, 1.54) is 11.0 Å². The monoisotopic (exact) mass is 266 g/mol. The summed E-state index contributed by atoms with van der Waals surface area (Å²) in [5, 5.41) is 9.72. The first-order valence-corrected chi connectivity index (χ1v) is 6.08. The molecule has 1 aromatic carbocycles. The van der Waals surface area contributed by atoms with Crippen molar-refractivity contribution in [1.82, 2.24) is 4.90 Å². The van der Waals surface area contributed by atoms with Gasteiger partial charge in [-0.05, 0) is 26.0 Å². The highest BCUT2D eigenvalue weighted by Gasteiger charge is 2.20. The summed E-state index contributed by atoms with van der Waals surface area (Å²) in [5.41, 5.74) is 6.69. The Morgan fingerprint density at radius 1 is 1.56 bits per heavy atom. The molecule has 1 aromatic rings. The van der Waals surface area contributed by atoms with E-state index in [1.807, 2.05) is 13.8 Å². The summed E-state index contributed by atoms with van der Waals surface area (Å²) in [4.78, 5) is 14.1. The molecular weight excluding hydrogens is 248 g/mol. The Hall–Kier alpha value is -1.62. The molecule has 0 bridgehead atoms. The van der Waals surface area contributed by atoms with Crippen LogP contribution in [0.4, 0.5) is 0 Å². The lowest BCUT2D eigenvalue weighted by Crippen LogP contribution is -2.37. The van der Waals surface area contributed by atoms with E-state index in [-0.39, 0.29) is 17.7 Å². The molecule has 0 saturated heterocycles. The second kappa shape index (κ2) is 5.82. The van der Waals surface area contributed by atoms with Crippen molar-refractivity contribution in [3.05, 3.63) is 29.3 Å². The number of nitrogens with zero attached hydrogens (tertiary/aromatic N) is 1. The van der Waals surface area contributed by atoms with Gasteiger partial charge in [0.15, 0.2) is 0 Å². The highest BCUT2D eigenvalue weighted by molar-refractivity contribution is 7.80. The van der Waals surface area contributed by atoms with Crippen molar-refractivity contribution in [1.29, 1.82) is 0 Å². The van der Waals surface area contributed by atoms with Gasteiger partial charge in [-0.1, -0.05) is 23.8 Å². The van der Waals surface area contributed by atoms with Gasteiger partial charge in [0.25, 0.3) is 5.91 Å². The molecule has 0 aliphatic rings. The van der Waals surface area contributed by atoms with Crippen LogP contribution in [0.25, 0.3) is 0 Å². The Labute approximate surface area is 112 Å².